The molecule has 0 aliphatic heterocycles. The molecule has 0 radical (unpaired) electrons. The number of rotatable bonds is 5. The first-order chi connectivity index (χ1) is 8.65. The monoisotopic (exact) mass is 247 g/mol. The molecule has 0 amide bonds. The molecule has 0 bridgehead atoms. The molecule has 18 heavy (non-hydrogen) atoms. The van der Waals surface area contributed by atoms with Crippen LogP contribution in [0.15, 0.2) is 36.5 Å². The van der Waals surface area contributed by atoms with Crippen LogP contribution < -0.4 is 0 Å². The highest BCUT2D eigenvalue weighted by atomic mass is 16.4. The van der Waals surface area contributed by atoms with Crippen molar-refractivity contribution in [3.05, 3.63) is 47.8 Å². The summed E-state index contributed by atoms with van der Waals surface area (Å²) in [7, 11) is 0. The summed E-state index contributed by atoms with van der Waals surface area (Å²) in [5.74, 6) is -0.996. The Labute approximate surface area is 103 Å². The molecule has 2 rings (SSSR count). The van der Waals surface area contributed by atoms with Crippen molar-refractivity contribution in [3.63, 3.8) is 0 Å². The van der Waals surface area contributed by atoms with E-state index in [4.69, 9.17) is 5.11 Å². The van der Waals surface area contributed by atoms with Crippen molar-refractivity contribution in [3.8, 4) is 0 Å². The Hall–Kier alpha value is -2.21. The molecule has 6 nitrogen and oxygen atoms in total. The lowest BCUT2D eigenvalue weighted by Crippen LogP contribution is -2.09. The first-order valence-electron chi connectivity index (χ1n) is 5.49. The molecule has 0 fully saturated rings. The molecule has 1 aromatic carbocycles. The second-order valence-corrected chi connectivity index (χ2v) is 3.94. The zero-order valence-electron chi connectivity index (χ0n) is 9.60. The normalized spacial score (nSPS) is 12.3. The summed E-state index contributed by atoms with van der Waals surface area (Å²) in [5.41, 5.74) is 1.36. The van der Waals surface area contributed by atoms with E-state index in [1.165, 1.54) is 10.9 Å². The smallest absolute Gasteiger partial charge is 0.325 e. The number of aliphatic hydroxyl groups is 1. The summed E-state index contributed by atoms with van der Waals surface area (Å²) >= 11 is 0. The van der Waals surface area contributed by atoms with Gasteiger partial charge in [-0.15, -0.1) is 5.10 Å². The number of carbonyl (C=O) groups is 1. The van der Waals surface area contributed by atoms with E-state index in [0.29, 0.717) is 12.1 Å². The maximum absolute atomic E-state index is 10.5. The Morgan fingerprint density at radius 3 is 2.72 bits per heavy atom. The van der Waals surface area contributed by atoms with Crippen LogP contribution in [0.3, 0.4) is 0 Å². The first-order valence-corrected chi connectivity index (χ1v) is 5.49. The lowest BCUT2D eigenvalue weighted by molar-refractivity contribution is -0.137. The zero-order chi connectivity index (χ0) is 13.0. The van der Waals surface area contributed by atoms with Crippen molar-refractivity contribution >= 4 is 5.97 Å². The molecule has 2 N–H and O–H groups in total. The Bertz CT molecular complexity index is 524. The van der Waals surface area contributed by atoms with Crippen molar-refractivity contribution in [2.75, 3.05) is 0 Å². The average molecular weight is 247 g/mol. The third kappa shape index (κ3) is 3.14. The van der Waals surface area contributed by atoms with Gasteiger partial charge in [-0.1, -0.05) is 35.5 Å². The van der Waals surface area contributed by atoms with Gasteiger partial charge in [0.25, 0.3) is 0 Å². The summed E-state index contributed by atoms with van der Waals surface area (Å²) in [4.78, 5) is 10.5. The van der Waals surface area contributed by atoms with Gasteiger partial charge in [0.1, 0.15) is 18.3 Å². The minimum absolute atomic E-state index is 0.259. The van der Waals surface area contributed by atoms with E-state index in [1.54, 1.807) is 0 Å². The minimum Gasteiger partial charge on any atom is -0.480 e. The summed E-state index contributed by atoms with van der Waals surface area (Å²) < 4.78 is 1.19. The fourth-order valence-corrected chi connectivity index (χ4v) is 1.62. The van der Waals surface area contributed by atoms with Crippen LogP contribution in [0.4, 0.5) is 0 Å². The highest BCUT2D eigenvalue weighted by Gasteiger charge is 2.13. The molecule has 0 aliphatic carbocycles. The van der Waals surface area contributed by atoms with Gasteiger partial charge >= 0.3 is 5.97 Å². The van der Waals surface area contributed by atoms with E-state index in [0.717, 1.165) is 5.56 Å². The maximum Gasteiger partial charge on any atom is 0.325 e. The molecule has 0 saturated carbocycles. The number of hydrogen-bond acceptors (Lipinski definition) is 4. The second-order valence-electron chi connectivity index (χ2n) is 3.94. The largest absolute Gasteiger partial charge is 0.480 e. The zero-order valence-corrected chi connectivity index (χ0v) is 9.60. The van der Waals surface area contributed by atoms with Gasteiger partial charge in [-0.3, -0.25) is 4.79 Å². The van der Waals surface area contributed by atoms with Gasteiger partial charge in [0.2, 0.25) is 0 Å². The number of carboxylic acid groups (broad SMARTS) is 1. The molecular weight excluding hydrogens is 234 g/mol. The van der Waals surface area contributed by atoms with Crippen LogP contribution in [0.2, 0.25) is 0 Å². The molecule has 94 valence electrons. The molecular formula is C12H13N3O3. The van der Waals surface area contributed by atoms with Gasteiger partial charge in [-0.2, -0.15) is 0 Å². The van der Waals surface area contributed by atoms with E-state index in [9.17, 15) is 9.90 Å². The average Bonchev–Trinajstić information content (AvgIpc) is 2.78. The number of aromatic nitrogens is 3. The van der Waals surface area contributed by atoms with E-state index < -0.39 is 12.1 Å². The molecule has 0 saturated heterocycles. The molecule has 1 unspecified atom stereocenters. The summed E-state index contributed by atoms with van der Waals surface area (Å²) in [6.45, 7) is -0.259. The van der Waals surface area contributed by atoms with Crippen LogP contribution in [0, 0.1) is 0 Å². The third-order valence-electron chi connectivity index (χ3n) is 2.47. The Morgan fingerprint density at radius 1 is 1.33 bits per heavy atom. The number of hydrogen-bond donors (Lipinski definition) is 2. The Balaban J connectivity index is 2.03. The van der Waals surface area contributed by atoms with Crippen LogP contribution in [0.25, 0.3) is 0 Å². The lowest BCUT2D eigenvalue weighted by atomic mass is 10.1. The Kier molecular flexibility index (Phi) is 3.69. The third-order valence-corrected chi connectivity index (χ3v) is 2.47. The van der Waals surface area contributed by atoms with Crippen molar-refractivity contribution in [2.45, 2.75) is 19.1 Å². The van der Waals surface area contributed by atoms with Crippen molar-refractivity contribution < 1.29 is 15.0 Å². The van der Waals surface area contributed by atoms with Crippen LogP contribution in [-0.2, 0) is 17.8 Å². The summed E-state index contributed by atoms with van der Waals surface area (Å²) in [5, 5.41) is 26.0. The molecule has 0 aliphatic rings. The highest BCUT2D eigenvalue weighted by molar-refractivity contribution is 5.66. The summed E-state index contributed by atoms with van der Waals surface area (Å²) in [6.07, 6.45) is 1.09. The van der Waals surface area contributed by atoms with Gasteiger partial charge in [-0.05, 0) is 5.56 Å². The van der Waals surface area contributed by atoms with Crippen LogP contribution in [-0.4, -0.2) is 31.2 Å². The molecule has 1 aromatic heterocycles. The van der Waals surface area contributed by atoms with E-state index in [1.807, 2.05) is 30.3 Å². The number of aliphatic carboxylic acids is 1. The Morgan fingerprint density at radius 2 is 2.06 bits per heavy atom. The fraction of sp³-hybridized carbons (Fsp3) is 0.250. The number of nitrogens with zero attached hydrogens (tertiary/aromatic N) is 3. The number of carboxylic acids is 1. The number of aliphatic hydroxyl groups excluding tert-OH is 1. The molecule has 1 atom stereocenters. The number of benzene rings is 1. The quantitative estimate of drug-likeness (QED) is 0.809. The predicted molar refractivity (Wildman–Crippen MR) is 62.8 cm³/mol. The van der Waals surface area contributed by atoms with E-state index >= 15 is 0 Å². The molecule has 1 heterocycles. The van der Waals surface area contributed by atoms with E-state index in [2.05, 4.69) is 10.3 Å². The molecule has 0 spiro atoms. The van der Waals surface area contributed by atoms with Crippen molar-refractivity contribution in [1.29, 1.82) is 0 Å². The first kappa shape index (κ1) is 12.3. The summed E-state index contributed by atoms with van der Waals surface area (Å²) in [6, 6.07) is 9.50. The highest BCUT2D eigenvalue weighted by Crippen LogP contribution is 2.15. The van der Waals surface area contributed by atoms with Crippen LogP contribution >= 0.6 is 0 Å². The van der Waals surface area contributed by atoms with Crippen molar-refractivity contribution in [1.82, 2.24) is 15.0 Å². The predicted octanol–water partition coefficient (Wildman–Crippen LogP) is 0.639. The second kappa shape index (κ2) is 5.42. The fourth-order valence-electron chi connectivity index (χ4n) is 1.62. The molecule has 2 aromatic rings. The van der Waals surface area contributed by atoms with Crippen molar-refractivity contribution in [2.24, 2.45) is 0 Å². The van der Waals surface area contributed by atoms with Gasteiger partial charge in [0.05, 0.1) is 6.20 Å². The SMILES string of the molecule is O=C(O)Cn1cc(C(O)Cc2ccccc2)nn1. The van der Waals surface area contributed by atoms with E-state index in [-0.39, 0.29) is 6.54 Å². The lowest BCUT2D eigenvalue weighted by Gasteiger charge is -2.06. The molecule has 6 heteroatoms. The minimum atomic E-state index is -0.996. The standard InChI is InChI=1S/C12H13N3O3/c16-11(6-9-4-2-1-3-5-9)10-7-15(14-13-10)8-12(17)18/h1-5,7,11,16H,6,8H2,(H,17,18). The topological polar surface area (TPSA) is 88.2 Å². The van der Waals surface area contributed by atoms with Crippen LogP contribution in [0.1, 0.15) is 17.4 Å². The van der Waals surface area contributed by atoms with Gasteiger partial charge < -0.3 is 10.2 Å². The van der Waals surface area contributed by atoms with Gasteiger partial charge in [0.15, 0.2) is 0 Å². The van der Waals surface area contributed by atoms with Gasteiger partial charge in [-0.25, -0.2) is 4.68 Å². The maximum atomic E-state index is 10.5. The van der Waals surface area contributed by atoms with Gasteiger partial charge in [0, 0.05) is 6.42 Å². The van der Waals surface area contributed by atoms with Crippen LogP contribution in [0.5, 0.6) is 0 Å².